The van der Waals surface area contributed by atoms with Crippen LogP contribution in [0.4, 0.5) is 0 Å². The van der Waals surface area contributed by atoms with Gasteiger partial charge in [0.1, 0.15) is 6.04 Å². The summed E-state index contributed by atoms with van der Waals surface area (Å²) in [6.07, 6.45) is 4.57. The minimum Gasteiger partial charge on any atom is -0.348 e. The highest BCUT2D eigenvalue weighted by atomic mass is 35.5. The molecule has 2 aromatic carbocycles. The fourth-order valence-electron chi connectivity index (χ4n) is 4.29. The molecule has 0 spiro atoms. The third kappa shape index (κ3) is 4.06. The van der Waals surface area contributed by atoms with Crippen LogP contribution in [-0.2, 0) is 27.7 Å². The molecule has 1 fully saturated rings. The predicted molar refractivity (Wildman–Crippen MR) is 113 cm³/mol. The minimum absolute atomic E-state index is 0.160. The number of hydrogen-bond donors (Lipinski definition) is 1. The number of halogens is 1. The first kappa shape index (κ1) is 20.4. The molecule has 0 bridgehead atoms. The van der Waals surface area contributed by atoms with E-state index in [1.807, 2.05) is 6.92 Å². The summed E-state index contributed by atoms with van der Waals surface area (Å²) in [6, 6.07) is 11.6. The van der Waals surface area contributed by atoms with Crippen molar-refractivity contribution in [3.8, 4) is 0 Å². The number of rotatable bonds is 5. The molecule has 1 heterocycles. The monoisotopic (exact) mass is 432 g/mol. The number of nitrogens with zero attached hydrogens (tertiary/aromatic N) is 1. The van der Waals surface area contributed by atoms with Gasteiger partial charge in [0.25, 0.3) is 0 Å². The summed E-state index contributed by atoms with van der Waals surface area (Å²) in [5.74, 6) is -0.243. The second-order valence-corrected chi connectivity index (χ2v) is 10.2. The molecule has 0 aromatic heterocycles. The number of aryl methyl sites for hydroxylation is 2. The molecule has 5 nitrogen and oxygen atoms in total. The molecular weight excluding hydrogens is 408 g/mol. The standard InChI is InChI=1S/C22H25ClN2O3S/c1-15(17-8-7-16-4-2-5-18(16)14-17)24-22(26)21-6-3-13-25(21)29(27,28)20-11-9-19(23)10-12-20/h7-12,14-15,21H,2-6,13H2,1H3,(H,24,26)/t15-,21-/m0/s1. The summed E-state index contributed by atoms with van der Waals surface area (Å²) in [6.45, 7) is 2.29. The summed E-state index contributed by atoms with van der Waals surface area (Å²) in [7, 11) is -3.74. The normalized spacial score (nSPS) is 20.4. The number of carbonyl (C=O) groups excluding carboxylic acids is 1. The van der Waals surface area contributed by atoms with Gasteiger partial charge in [0.05, 0.1) is 10.9 Å². The van der Waals surface area contributed by atoms with Crippen LogP contribution in [0.3, 0.4) is 0 Å². The van der Waals surface area contributed by atoms with Crippen molar-refractivity contribution in [2.75, 3.05) is 6.54 Å². The van der Waals surface area contributed by atoms with Crippen molar-refractivity contribution in [3.63, 3.8) is 0 Å². The quantitative estimate of drug-likeness (QED) is 0.780. The van der Waals surface area contributed by atoms with E-state index in [2.05, 4.69) is 23.5 Å². The van der Waals surface area contributed by atoms with Gasteiger partial charge < -0.3 is 5.32 Å². The lowest BCUT2D eigenvalue weighted by atomic mass is 10.0. The van der Waals surface area contributed by atoms with Gasteiger partial charge in [-0.05, 0) is 80.0 Å². The Balaban J connectivity index is 1.49. The molecular formula is C22H25ClN2O3S. The Morgan fingerprint density at radius 2 is 1.83 bits per heavy atom. The zero-order valence-electron chi connectivity index (χ0n) is 16.4. The average Bonchev–Trinajstić information content (AvgIpc) is 3.37. The lowest BCUT2D eigenvalue weighted by Gasteiger charge is -2.25. The average molecular weight is 433 g/mol. The zero-order valence-corrected chi connectivity index (χ0v) is 18.0. The lowest BCUT2D eigenvalue weighted by Crippen LogP contribution is -2.46. The molecule has 1 amide bonds. The molecule has 154 valence electrons. The highest BCUT2D eigenvalue weighted by Crippen LogP contribution is 2.29. The van der Waals surface area contributed by atoms with E-state index in [-0.39, 0.29) is 16.8 Å². The van der Waals surface area contributed by atoms with Crippen LogP contribution in [0.1, 0.15) is 48.9 Å². The number of amides is 1. The maximum Gasteiger partial charge on any atom is 0.243 e. The highest BCUT2D eigenvalue weighted by Gasteiger charge is 2.39. The molecule has 0 saturated carbocycles. The summed E-state index contributed by atoms with van der Waals surface area (Å²) < 4.78 is 27.4. The Morgan fingerprint density at radius 1 is 1.10 bits per heavy atom. The maximum atomic E-state index is 13.0. The van der Waals surface area contributed by atoms with Crippen LogP contribution >= 0.6 is 11.6 Å². The zero-order chi connectivity index (χ0) is 20.6. The van der Waals surface area contributed by atoms with Gasteiger partial charge in [-0.1, -0.05) is 29.8 Å². The maximum absolute atomic E-state index is 13.0. The first-order chi connectivity index (χ1) is 13.9. The summed E-state index contributed by atoms with van der Waals surface area (Å²) >= 11 is 5.88. The lowest BCUT2D eigenvalue weighted by molar-refractivity contribution is -0.124. The second kappa shape index (κ2) is 8.09. The second-order valence-electron chi connectivity index (χ2n) is 7.84. The number of hydrogen-bond acceptors (Lipinski definition) is 3. The van der Waals surface area contributed by atoms with Crippen LogP contribution < -0.4 is 5.32 Å². The van der Waals surface area contributed by atoms with Gasteiger partial charge in [0.2, 0.25) is 15.9 Å². The number of fused-ring (bicyclic) bond motifs is 1. The molecule has 1 aliphatic carbocycles. The summed E-state index contributed by atoms with van der Waals surface area (Å²) in [4.78, 5) is 13.1. The van der Waals surface area contributed by atoms with Gasteiger partial charge in [-0.15, -0.1) is 0 Å². The van der Waals surface area contributed by atoms with E-state index < -0.39 is 16.1 Å². The predicted octanol–water partition coefficient (Wildman–Crippen LogP) is 3.86. The van der Waals surface area contributed by atoms with E-state index in [0.29, 0.717) is 24.4 Å². The number of sulfonamides is 1. The third-order valence-corrected chi connectivity index (χ3v) is 8.08. The van der Waals surface area contributed by atoms with Crippen molar-refractivity contribution >= 4 is 27.5 Å². The first-order valence-electron chi connectivity index (χ1n) is 10.1. The molecule has 1 aliphatic heterocycles. The van der Waals surface area contributed by atoms with Crippen molar-refractivity contribution in [3.05, 3.63) is 64.2 Å². The Bertz CT molecular complexity index is 1020. The Kier molecular flexibility index (Phi) is 5.69. The Hall–Kier alpha value is -1.89. The summed E-state index contributed by atoms with van der Waals surface area (Å²) in [5, 5.41) is 3.50. The molecule has 29 heavy (non-hydrogen) atoms. The SMILES string of the molecule is C[C@H](NC(=O)[C@@H]1CCCN1S(=O)(=O)c1ccc(Cl)cc1)c1ccc2c(c1)CCC2. The first-order valence-corrected chi connectivity index (χ1v) is 11.9. The molecule has 1 saturated heterocycles. The minimum atomic E-state index is -3.74. The fourth-order valence-corrected chi connectivity index (χ4v) is 6.07. The topological polar surface area (TPSA) is 66.5 Å². The van der Waals surface area contributed by atoms with Crippen molar-refractivity contribution < 1.29 is 13.2 Å². The van der Waals surface area contributed by atoms with Crippen LogP contribution in [0.15, 0.2) is 47.4 Å². The Morgan fingerprint density at radius 3 is 2.59 bits per heavy atom. The Labute approximate surface area is 177 Å². The van der Waals surface area contributed by atoms with Gasteiger partial charge >= 0.3 is 0 Å². The molecule has 2 aromatic rings. The van der Waals surface area contributed by atoms with Gasteiger partial charge in [-0.25, -0.2) is 8.42 Å². The number of benzene rings is 2. The molecule has 7 heteroatoms. The van der Waals surface area contributed by atoms with E-state index in [9.17, 15) is 13.2 Å². The number of carbonyl (C=O) groups is 1. The molecule has 0 radical (unpaired) electrons. The molecule has 4 rings (SSSR count). The van der Waals surface area contributed by atoms with E-state index in [1.165, 1.54) is 34.0 Å². The number of nitrogens with one attached hydrogen (secondary N) is 1. The van der Waals surface area contributed by atoms with Crippen LogP contribution in [0.25, 0.3) is 0 Å². The fraction of sp³-hybridized carbons (Fsp3) is 0.409. The van der Waals surface area contributed by atoms with Crippen molar-refractivity contribution in [2.24, 2.45) is 0 Å². The smallest absolute Gasteiger partial charge is 0.243 e. The van der Waals surface area contributed by atoms with Gasteiger partial charge in [-0.2, -0.15) is 4.31 Å². The van der Waals surface area contributed by atoms with Crippen molar-refractivity contribution in [2.45, 2.75) is 56.0 Å². The highest BCUT2D eigenvalue weighted by molar-refractivity contribution is 7.89. The molecule has 2 aliphatic rings. The van der Waals surface area contributed by atoms with Crippen LogP contribution in [0.5, 0.6) is 0 Å². The van der Waals surface area contributed by atoms with Crippen molar-refractivity contribution in [1.82, 2.24) is 9.62 Å². The van der Waals surface area contributed by atoms with E-state index in [1.54, 1.807) is 12.1 Å². The van der Waals surface area contributed by atoms with Crippen molar-refractivity contribution in [1.29, 1.82) is 0 Å². The van der Waals surface area contributed by atoms with E-state index in [0.717, 1.165) is 18.4 Å². The molecule has 0 unspecified atom stereocenters. The van der Waals surface area contributed by atoms with E-state index >= 15 is 0 Å². The van der Waals surface area contributed by atoms with Gasteiger partial charge in [0, 0.05) is 11.6 Å². The summed E-state index contributed by atoms with van der Waals surface area (Å²) in [5.41, 5.74) is 3.81. The van der Waals surface area contributed by atoms with Crippen LogP contribution in [0.2, 0.25) is 5.02 Å². The molecule has 1 N–H and O–H groups in total. The van der Waals surface area contributed by atoms with Crippen LogP contribution in [0, 0.1) is 0 Å². The van der Waals surface area contributed by atoms with Gasteiger partial charge in [0.15, 0.2) is 0 Å². The van der Waals surface area contributed by atoms with E-state index in [4.69, 9.17) is 11.6 Å². The van der Waals surface area contributed by atoms with Crippen LogP contribution in [-0.4, -0.2) is 31.2 Å². The third-order valence-electron chi connectivity index (χ3n) is 5.91. The molecule has 2 atom stereocenters. The largest absolute Gasteiger partial charge is 0.348 e. The van der Waals surface area contributed by atoms with Gasteiger partial charge in [-0.3, -0.25) is 4.79 Å².